The summed E-state index contributed by atoms with van der Waals surface area (Å²) in [6.45, 7) is 4.83. The minimum Gasteiger partial charge on any atom is -0.466 e. The highest BCUT2D eigenvalue weighted by molar-refractivity contribution is 5.76. The van der Waals surface area contributed by atoms with Gasteiger partial charge in [-0.25, -0.2) is 0 Å². The van der Waals surface area contributed by atoms with Crippen LogP contribution in [0.3, 0.4) is 0 Å². The van der Waals surface area contributed by atoms with Gasteiger partial charge in [0.15, 0.2) is 0 Å². The molecule has 6 nitrogen and oxygen atoms in total. The van der Waals surface area contributed by atoms with E-state index in [4.69, 9.17) is 4.74 Å². The molecule has 1 amide bonds. The molecule has 0 radical (unpaired) electrons. The van der Waals surface area contributed by atoms with E-state index in [0.29, 0.717) is 19.4 Å². The Kier molecular flexibility index (Phi) is 51.6. The molecule has 0 aromatic heterocycles. The van der Waals surface area contributed by atoms with Crippen molar-refractivity contribution in [3.05, 3.63) is 24.3 Å². The van der Waals surface area contributed by atoms with Gasteiger partial charge in [-0.1, -0.05) is 256 Å². The lowest BCUT2D eigenvalue weighted by molar-refractivity contribution is -0.143. The van der Waals surface area contributed by atoms with Crippen molar-refractivity contribution < 1.29 is 24.5 Å². The number of unbranched alkanes of at least 4 members (excludes halogenated alkanes) is 39. The molecule has 0 saturated heterocycles. The maximum atomic E-state index is 12.5. The Labute approximate surface area is 392 Å². The van der Waals surface area contributed by atoms with E-state index in [-0.39, 0.29) is 18.5 Å². The van der Waals surface area contributed by atoms with Crippen molar-refractivity contribution in [3.8, 4) is 0 Å². The highest BCUT2D eigenvalue weighted by atomic mass is 16.5. The molecule has 372 valence electrons. The van der Waals surface area contributed by atoms with Crippen molar-refractivity contribution in [2.24, 2.45) is 0 Å². The molecule has 0 fully saturated rings. The summed E-state index contributed by atoms with van der Waals surface area (Å²) < 4.78 is 5.44. The minimum absolute atomic E-state index is 0.0346. The predicted octanol–water partition coefficient (Wildman–Crippen LogP) is 17.1. The van der Waals surface area contributed by atoms with Crippen molar-refractivity contribution in [1.29, 1.82) is 0 Å². The highest BCUT2D eigenvalue weighted by Gasteiger charge is 2.18. The number of rotatable bonds is 52. The molecule has 0 aromatic carbocycles. The number of aliphatic hydroxyl groups is 2. The monoisotopic (exact) mass is 888 g/mol. The lowest BCUT2D eigenvalue weighted by Crippen LogP contribution is -2.45. The lowest BCUT2D eigenvalue weighted by atomic mass is 10.0. The van der Waals surface area contributed by atoms with Crippen LogP contribution in [-0.2, 0) is 14.3 Å². The predicted molar refractivity (Wildman–Crippen MR) is 273 cm³/mol. The second kappa shape index (κ2) is 53.0. The van der Waals surface area contributed by atoms with Gasteiger partial charge in [-0.05, 0) is 57.8 Å². The molecule has 0 aliphatic rings. The normalized spacial score (nSPS) is 12.8. The quantitative estimate of drug-likeness (QED) is 0.0321. The Hall–Kier alpha value is -1.66. The van der Waals surface area contributed by atoms with Crippen LogP contribution in [0.5, 0.6) is 0 Å². The van der Waals surface area contributed by atoms with Gasteiger partial charge in [-0.15, -0.1) is 0 Å². The fourth-order valence-corrected chi connectivity index (χ4v) is 8.63. The average molecular weight is 889 g/mol. The van der Waals surface area contributed by atoms with E-state index >= 15 is 0 Å². The molecule has 0 aliphatic carbocycles. The summed E-state index contributed by atoms with van der Waals surface area (Å²) in [7, 11) is 0. The molecular weight excluding hydrogens is 779 g/mol. The summed E-state index contributed by atoms with van der Waals surface area (Å²) in [4.78, 5) is 24.5. The van der Waals surface area contributed by atoms with Crippen molar-refractivity contribution in [3.63, 3.8) is 0 Å². The van der Waals surface area contributed by atoms with E-state index in [1.807, 2.05) is 6.08 Å². The topological polar surface area (TPSA) is 95.9 Å². The first kappa shape index (κ1) is 61.3. The van der Waals surface area contributed by atoms with Gasteiger partial charge in [0, 0.05) is 12.8 Å². The zero-order chi connectivity index (χ0) is 45.8. The van der Waals surface area contributed by atoms with E-state index in [9.17, 15) is 19.8 Å². The van der Waals surface area contributed by atoms with Gasteiger partial charge < -0.3 is 20.3 Å². The fraction of sp³-hybridized carbons (Fsp3) is 0.895. The van der Waals surface area contributed by atoms with Crippen LogP contribution >= 0.6 is 0 Å². The van der Waals surface area contributed by atoms with Crippen molar-refractivity contribution in [2.75, 3.05) is 13.2 Å². The molecule has 2 atom stereocenters. The lowest BCUT2D eigenvalue weighted by Gasteiger charge is -2.20. The Morgan fingerprint density at radius 2 is 0.746 bits per heavy atom. The van der Waals surface area contributed by atoms with E-state index < -0.39 is 12.1 Å². The van der Waals surface area contributed by atoms with Crippen LogP contribution in [-0.4, -0.2) is 47.4 Å². The number of carbonyl (C=O) groups is 2. The molecule has 0 spiro atoms. The number of allylic oxidation sites excluding steroid dienone is 3. The summed E-state index contributed by atoms with van der Waals surface area (Å²) in [5, 5.41) is 23.1. The van der Waals surface area contributed by atoms with Crippen molar-refractivity contribution in [2.45, 2.75) is 315 Å². The molecule has 0 aromatic rings. The number of esters is 1. The minimum atomic E-state index is -0.866. The van der Waals surface area contributed by atoms with Crippen LogP contribution in [0.2, 0.25) is 0 Å². The zero-order valence-electron chi connectivity index (χ0n) is 42.3. The average Bonchev–Trinajstić information content (AvgIpc) is 3.28. The first-order chi connectivity index (χ1) is 31.0. The molecule has 0 saturated carbocycles. The number of ether oxygens (including phenoxy) is 1. The fourth-order valence-electron chi connectivity index (χ4n) is 8.63. The number of carbonyl (C=O) groups excluding carboxylic acids is 2. The molecule has 0 aliphatic heterocycles. The van der Waals surface area contributed by atoms with Crippen molar-refractivity contribution in [1.82, 2.24) is 5.32 Å². The van der Waals surface area contributed by atoms with Gasteiger partial charge >= 0.3 is 5.97 Å². The summed E-state index contributed by atoms with van der Waals surface area (Å²) >= 11 is 0. The van der Waals surface area contributed by atoms with Crippen molar-refractivity contribution >= 4 is 11.9 Å². The molecule has 3 N–H and O–H groups in total. The Morgan fingerprint density at radius 3 is 1.13 bits per heavy atom. The number of hydrogen-bond acceptors (Lipinski definition) is 5. The molecule has 0 bridgehead atoms. The van der Waals surface area contributed by atoms with Crippen LogP contribution in [0.15, 0.2) is 24.3 Å². The Bertz CT molecular complexity index is 982. The van der Waals surface area contributed by atoms with Gasteiger partial charge in [0.25, 0.3) is 0 Å². The van der Waals surface area contributed by atoms with Gasteiger partial charge in [0.1, 0.15) is 0 Å². The summed E-state index contributed by atoms with van der Waals surface area (Å²) in [6.07, 6.45) is 63.4. The Balaban J connectivity index is 3.54. The second-order valence-electron chi connectivity index (χ2n) is 19.3. The second-order valence-corrected chi connectivity index (χ2v) is 19.3. The third kappa shape index (κ3) is 49.6. The third-order valence-corrected chi connectivity index (χ3v) is 13.0. The smallest absolute Gasteiger partial charge is 0.305 e. The first-order valence-corrected chi connectivity index (χ1v) is 28.1. The van der Waals surface area contributed by atoms with Crippen LogP contribution in [0.1, 0.15) is 303 Å². The SMILES string of the molecule is CCCCCCCCCCCCCCCCCCCC/C=C/C(O)C(CO)NC(=O)CCCCCC/C=C\CCCCOC(=O)CCCCCCCCCCCCCCCCCC. The maximum absolute atomic E-state index is 12.5. The third-order valence-electron chi connectivity index (χ3n) is 13.0. The molecule has 2 unspecified atom stereocenters. The summed E-state index contributed by atoms with van der Waals surface area (Å²) in [5.41, 5.74) is 0. The summed E-state index contributed by atoms with van der Waals surface area (Å²) in [6, 6.07) is -0.653. The molecule has 63 heavy (non-hydrogen) atoms. The number of nitrogens with one attached hydrogen (secondary N) is 1. The van der Waals surface area contributed by atoms with Gasteiger partial charge in [0.05, 0.1) is 25.4 Å². The standard InChI is InChI=1S/C57H109NO5/c1-3-5-7-9-11-13-15-17-19-21-22-23-24-25-27-29-33-37-41-45-49-55(60)54(53-59)58-56(61)50-46-42-38-34-31-32-36-40-44-48-52-63-57(62)51-47-43-39-35-30-28-26-20-18-16-14-12-10-8-6-4-2/h32,36,45,49,54-55,59-60H,3-31,33-35,37-44,46-48,50-53H2,1-2H3,(H,58,61)/b36-32-,49-45+. The molecule has 0 heterocycles. The highest BCUT2D eigenvalue weighted by Crippen LogP contribution is 2.17. The zero-order valence-corrected chi connectivity index (χ0v) is 42.3. The van der Waals surface area contributed by atoms with Crippen LogP contribution in [0, 0.1) is 0 Å². The summed E-state index contributed by atoms with van der Waals surface area (Å²) in [5.74, 6) is -0.136. The van der Waals surface area contributed by atoms with Crippen LogP contribution in [0.25, 0.3) is 0 Å². The van der Waals surface area contributed by atoms with Gasteiger partial charge in [-0.3, -0.25) is 9.59 Å². The van der Waals surface area contributed by atoms with Crippen LogP contribution in [0.4, 0.5) is 0 Å². The number of amides is 1. The number of hydrogen-bond donors (Lipinski definition) is 3. The molecule has 0 rings (SSSR count). The van der Waals surface area contributed by atoms with Gasteiger partial charge in [0.2, 0.25) is 5.91 Å². The van der Waals surface area contributed by atoms with E-state index in [2.05, 4.69) is 31.3 Å². The van der Waals surface area contributed by atoms with E-state index in [1.165, 1.54) is 199 Å². The van der Waals surface area contributed by atoms with Gasteiger partial charge in [-0.2, -0.15) is 0 Å². The first-order valence-electron chi connectivity index (χ1n) is 28.1. The number of aliphatic hydroxyl groups excluding tert-OH is 2. The van der Waals surface area contributed by atoms with Crippen LogP contribution < -0.4 is 5.32 Å². The van der Waals surface area contributed by atoms with E-state index in [1.54, 1.807) is 6.08 Å². The maximum Gasteiger partial charge on any atom is 0.305 e. The molecular formula is C57H109NO5. The molecule has 6 heteroatoms. The van der Waals surface area contributed by atoms with E-state index in [0.717, 1.165) is 77.0 Å². The largest absolute Gasteiger partial charge is 0.466 e. The Morgan fingerprint density at radius 1 is 0.429 bits per heavy atom.